The normalized spacial score (nSPS) is 15.4. The van der Waals surface area contributed by atoms with E-state index in [1.807, 2.05) is 19.2 Å². The van der Waals surface area contributed by atoms with Crippen LogP contribution in [0.25, 0.3) is 11.1 Å². The van der Waals surface area contributed by atoms with Crippen molar-refractivity contribution in [2.45, 2.75) is 32.1 Å². The second-order valence-corrected chi connectivity index (χ2v) is 5.12. The van der Waals surface area contributed by atoms with Crippen molar-refractivity contribution in [1.29, 1.82) is 0 Å². The third-order valence-corrected chi connectivity index (χ3v) is 3.91. The summed E-state index contributed by atoms with van der Waals surface area (Å²) in [6, 6.07) is 10.5. The van der Waals surface area contributed by atoms with Crippen LogP contribution in [0.1, 0.15) is 36.3 Å². The molecule has 0 bridgehead atoms. The number of hydrogen-bond acceptors (Lipinski definition) is 1. The van der Waals surface area contributed by atoms with Gasteiger partial charge in [-0.3, -0.25) is 4.79 Å². The molecule has 1 heterocycles. The molecule has 0 spiro atoms. The lowest BCUT2D eigenvalue weighted by molar-refractivity contribution is 0.420. The predicted molar refractivity (Wildman–Crippen MR) is 73.8 cm³/mol. The minimum Gasteiger partial charge on any atom is -0.328 e. The largest absolute Gasteiger partial charge is 0.328 e. The number of H-pyrrole nitrogens is 1. The maximum absolute atomic E-state index is 11.4. The van der Waals surface area contributed by atoms with Crippen molar-refractivity contribution in [3.05, 3.63) is 58.0 Å². The Hall–Kier alpha value is -1.83. The van der Waals surface area contributed by atoms with Crippen LogP contribution in [0, 0.1) is 6.92 Å². The molecule has 2 aromatic rings. The molecule has 1 aromatic heterocycles. The highest BCUT2D eigenvalue weighted by Gasteiger charge is 2.22. The lowest BCUT2D eigenvalue weighted by Crippen LogP contribution is -2.11. The predicted octanol–water partition coefficient (Wildman–Crippen LogP) is 3.62. The number of aromatic amines is 1. The molecule has 3 rings (SSSR count). The van der Waals surface area contributed by atoms with Gasteiger partial charge in [-0.05, 0) is 48.4 Å². The van der Waals surface area contributed by atoms with Crippen LogP contribution in [0.2, 0.25) is 0 Å². The minimum absolute atomic E-state index is 0.000115. The molecule has 1 aliphatic rings. The Labute approximate surface area is 107 Å². The molecule has 1 aliphatic carbocycles. The summed E-state index contributed by atoms with van der Waals surface area (Å²) in [6.07, 6.45) is 5.75. The van der Waals surface area contributed by atoms with Crippen molar-refractivity contribution in [3.8, 4) is 11.1 Å². The molecule has 2 nitrogen and oxygen atoms in total. The average molecular weight is 239 g/mol. The highest BCUT2D eigenvalue weighted by molar-refractivity contribution is 5.68. The summed E-state index contributed by atoms with van der Waals surface area (Å²) in [5, 5.41) is 0. The van der Waals surface area contributed by atoms with Crippen molar-refractivity contribution in [1.82, 2.24) is 4.98 Å². The standard InChI is InChI=1S/C16H17NO/c1-11-9-13(10-17-16(11)18)15-8-3-2-7-14(15)12-5-4-6-12/h2-3,7-10,12H,4-6H2,1H3,(H,17,18). The van der Waals surface area contributed by atoms with Gasteiger partial charge in [0.2, 0.25) is 0 Å². The van der Waals surface area contributed by atoms with E-state index in [-0.39, 0.29) is 5.56 Å². The summed E-state index contributed by atoms with van der Waals surface area (Å²) in [4.78, 5) is 14.2. The maximum Gasteiger partial charge on any atom is 0.250 e. The van der Waals surface area contributed by atoms with Gasteiger partial charge in [-0.1, -0.05) is 30.7 Å². The van der Waals surface area contributed by atoms with E-state index < -0.39 is 0 Å². The van der Waals surface area contributed by atoms with E-state index in [1.54, 1.807) is 0 Å². The molecule has 1 fully saturated rings. The number of aryl methyl sites for hydroxylation is 1. The smallest absolute Gasteiger partial charge is 0.250 e. The zero-order valence-electron chi connectivity index (χ0n) is 10.6. The summed E-state index contributed by atoms with van der Waals surface area (Å²) in [5.41, 5.74) is 4.59. The second-order valence-electron chi connectivity index (χ2n) is 5.12. The fraction of sp³-hybridized carbons (Fsp3) is 0.312. The first-order chi connectivity index (χ1) is 8.75. The first-order valence-electron chi connectivity index (χ1n) is 6.54. The molecule has 1 saturated carbocycles. The van der Waals surface area contributed by atoms with Crippen LogP contribution < -0.4 is 5.56 Å². The van der Waals surface area contributed by atoms with Crippen molar-refractivity contribution in [2.24, 2.45) is 0 Å². The number of aromatic nitrogens is 1. The van der Waals surface area contributed by atoms with E-state index in [2.05, 4.69) is 29.2 Å². The molecule has 0 saturated heterocycles. The molecule has 0 amide bonds. The van der Waals surface area contributed by atoms with Crippen molar-refractivity contribution in [2.75, 3.05) is 0 Å². The molecule has 0 unspecified atom stereocenters. The van der Waals surface area contributed by atoms with Crippen LogP contribution in [-0.2, 0) is 0 Å². The van der Waals surface area contributed by atoms with Gasteiger partial charge in [0.05, 0.1) is 0 Å². The monoisotopic (exact) mass is 239 g/mol. The molecule has 92 valence electrons. The first-order valence-corrected chi connectivity index (χ1v) is 6.54. The van der Waals surface area contributed by atoms with Crippen LogP contribution in [0.15, 0.2) is 41.3 Å². The Balaban J connectivity index is 2.10. The highest BCUT2D eigenvalue weighted by Crippen LogP contribution is 2.40. The first kappa shape index (κ1) is 11.3. The summed E-state index contributed by atoms with van der Waals surface area (Å²) < 4.78 is 0. The van der Waals surface area contributed by atoms with Crippen molar-refractivity contribution < 1.29 is 0 Å². The fourth-order valence-electron chi connectivity index (χ4n) is 2.59. The Bertz CT molecular complexity index is 623. The van der Waals surface area contributed by atoms with Crippen LogP contribution in [0.5, 0.6) is 0 Å². The lowest BCUT2D eigenvalue weighted by Gasteiger charge is -2.28. The molecule has 18 heavy (non-hydrogen) atoms. The van der Waals surface area contributed by atoms with E-state index in [0.29, 0.717) is 5.92 Å². The van der Waals surface area contributed by atoms with E-state index in [0.717, 1.165) is 11.1 Å². The third kappa shape index (κ3) is 1.88. The van der Waals surface area contributed by atoms with Gasteiger partial charge in [-0.15, -0.1) is 0 Å². The van der Waals surface area contributed by atoms with E-state index in [1.165, 1.54) is 30.4 Å². The molecular weight excluding hydrogens is 222 g/mol. The summed E-state index contributed by atoms with van der Waals surface area (Å²) in [6.45, 7) is 1.86. The van der Waals surface area contributed by atoms with Crippen molar-refractivity contribution >= 4 is 0 Å². The number of benzene rings is 1. The SMILES string of the molecule is Cc1cc(-c2ccccc2C2CCC2)c[nH]c1=O. The minimum atomic E-state index is -0.000115. The Morgan fingerprint density at radius 3 is 2.67 bits per heavy atom. The van der Waals surface area contributed by atoms with Gasteiger partial charge in [0.25, 0.3) is 5.56 Å². The van der Waals surface area contributed by atoms with Crippen LogP contribution in [-0.4, -0.2) is 4.98 Å². The Morgan fingerprint density at radius 1 is 1.22 bits per heavy atom. The fourth-order valence-corrected chi connectivity index (χ4v) is 2.59. The molecule has 0 aliphatic heterocycles. The summed E-state index contributed by atoms with van der Waals surface area (Å²) >= 11 is 0. The summed E-state index contributed by atoms with van der Waals surface area (Å²) in [5.74, 6) is 0.702. The maximum atomic E-state index is 11.4. The van der Waals surface area contributed by atoms with E-state index in [9.17, 15) is 4.79 Å². The zero-order chi connectivity index (χ0) is 12.5. The molecule has 1 aromatic carbocycles. The number of nitrogens with one attached hydrogen (secondary N) is 1. The topological polar surface area (TPSA) is 32.9 Å². The molecule has 0 radical (unpaired) electrons. The van der Waals surface area contributed by atoms with Gasteiger partial charge in [0.15, 0.2) is 0 Å². The average Bonchev–Trinajstić information content (AvgIpc) is 2.31. The second kappa shape index (κ2) is 4.45. The van der Waals surface area contributed by atoms with E-state index in [4.69, 9.17) is 0 Å². The van der Waals surface area contributed by atoms with Gasteiger partial charge in [0, 0.05) is 11.8 Å². The quantitative estimate of drug-likeness (QED) is 0.853. The molecule has 1 N–H and O–H groups in total. The van der Waals surface area contributed by atoms with Gasteiger partial charge in [0.1, 0.15) is 0 Å². The number of hydrogen-bond donors (Lipinski definition) is 1. The molecule has 2 heteroatoms. The van der Waals surface area contributed by atoms with Gasteiger partial charge >= 0.3 is 0 Å². The number of rotatable bonds is 2. The van der Waals surface area contributed by atoms with Gasteiger partial charge in [-0.2, -0.15) is 0 Å². The Kier molecular flexibility index (Phi) is 2.78. The highest BCUT2D eigenvalue weighted by atomic mass is 16.1. The third-order valence-electron chi connectivity index (χ3n) is 3.91. The van der Waals surface area contributed by atoms with Crippen LogP contribution in [0.4, 0.5) is 0 Å². The van der Waals surface area contributed by atoms with E-state index >= 15 is 0 Å². The summed E-state index contributed by atoms with van der Waals surface area (Å²) in [7, 11) is 0. The van der Waals surface area contributed by atoms with Gasteiger partial charge in [-0.25, -0.2) is 0 Å². The number of pyridine rings is 1. The Morgan fingerprint density at radius 2 is 2.00 bits per heavy atom. The zero-order valence-corrected chi connectivity index (χ0v) is 10.6. The molecular formula is C16H17NO. The van der Waals surface area contributed by atoms with Crippen LogP contribution in [0.3, 0.4) is 0 Å². The van der Waals surface area contributed by atoms with Crippen LogP contribution >= 0.6 is 0 Å². The van der Waals surface area contributed by atoms with Crippen molar-refractivity contribution in [3.63, 3.8) is 0 Å². The molecule has 0 atom stereocenters. The van der Waals surface area contributed by atoms with Gasteiger partial charge < -0.3 is 4.98 Å². The lowest BCUT2D eigenvalue weighted by atomic mass is 9.77.